The number of hydrogen-bond acceptors (Lipinski definition) is 4. The molecular weight excluding hydrogens is 306 g/mol. The molecular formula is C18H21N3O3. The number of aliphatic hydroxyl groups excluding tert-OH is 1. The van der Waals surface area contributed by atoms with Crippen LogP contribution in [0.15, 0.2) is 30.5 Å². The van der Waals surface area contributed by atoms with Gasteiger partial charge in [0, 0.05) is 18.0 Å². The van der Waals surface area contributed by atoms with Crippen molar-refractivity contribution in [2.45, 2.75) is 32.5 Å². The Morgan fingerprint density at radius 2 is 2.17 bits per heavy atom. The van der Waals surface area contributed by atoms with E-state index in [9.17, 15) is 4.79 Å². The normalized spacial score (nSPS) is 19.4. The first-order chi connectivity index (χ1) is 11.8. The number of rotatable bonds is 3. The molecule has 1 aromatic heterocycles. The molecule has 6 heteroatoms. The van der Waals surface area contributed by atoms with Crippen molar-refractivity contribution in [3.63, 3.8) is 0 Å². The van der Waals surface area contributed by atoms with Gasteiger partial charge in [-0.3, -0.25) is 9.48 Å². The Labute approximate surface area is 140 Å². The molecule has 0 saturated heterocycles. The molecule has 0 radical (unpaired) electrons. The van der Waals surface area contributed by atoms with Crippen LogP contribution >= 0.6 is 0 Å². The van der Waals surface area contributed by atoms with E-state index in [1.807, 2.05) is 35.4 Å². The van der Waals surface area contributed by atoms with Gasteiger partial charge in [0.2, 0.25) is 5.91 Å². The van der Waals surface area contributed by atoms with Gasteiger partial charge in [0.1, 0.15) is 5.75 Å². The van der Waals surface area contributed by atoms with E-state index in [4.69, 9.17) is 9.84 Å². The Kier molecular flexibility index (Phi) is 3.98. The number of benzene rings is 1. The number of ether oxygens (including phenoxy) is 1. The maximum absolute atomic E-state index is 13.0. The fourth-order valence-electron chi connectivity index (χ4n) is 3.61. The summed E-state index contributed by atoms with van der Waals surface area (Å²) in [5, 5.41) is 13.4. The van der Waals surface area contributed by atoms with E-state index in [0.29, 0.717) is 26.2 Å². The highest BCUT2D eigenvalue weighted by Gasteiger charge is 2.32. The van der Waals surface area contributed by atoms with Crippen molar-refractivity contribution in [2.24, 2.45) is 5.92 Å². The minimum absolute atomic E-state index is 0.0445. The lowest BCUT2D eigenvalue weighted by atomic mass is 9.95. The van der Waals surface area contributed by atoms with Crippen molar-refractivity contribution in [1.82, 2.24) is 14.7 Å². The minimum Gasteiger partial charge on any atom is -0.493 e. The van der Waals surface area contributed by atoms with Crippen LogP contribution in [0.2, 0.25) is 0 Å². The highest BCUT2D eigenvalue weighted by Crippen LogP contribution is 2.30. The summed E-state index contributed by atoms with van der Waals surface area (Å²) in [5.74, 6) is 1.04. The van der Waals surface area contributed by atoms with E-state index < -0.39 is 0 Å². The first-order valence-corrected chi connectivity index (χ1v) is 8.40. The quantitative estimate of drug-likeness (QED) is 0.924. The molecule has 24 heavy (non-hydrogen) atoms. The van der Waals surface area contributed by atoms with Gasteiger partial charge >= 0.3 is 0 Å². The number of nitrogens with zero attached hydrogens (tertiary/aromatic N) is 3. The van der Waals surface area contributed by atoms with Crippen molar-refractivity contribution in [3.8, 4) is 5.75 Å². The highest BCUT2D eigenvalue weighted by molar-refractivity contribution is 5.80. The molecule has 2 aromatic rings. The van der Waals surface area contributed by atoms with Crippen LogP contribution in [0.1, 0.15) is 23.2 Å². The van der Waals surface area contributed by atoms with Crippen molar-refractivity contribution in [3.05, 3.63) is 47.3 Å². The van der Waals surface area contributed by atoms with Gasteiger partial charge in [-0.15, -0.1) is 0 Å². The molecule has 2 aliphatic heterocycles. The molecule has 0 aliphatic carbocycles. The second-order valence-electron chi connectivity index (χ2n) is 6.40. The van der Waals surface area contributed by atoms with Crippen molar-refractivity contribution in [1.29, 1.82) is 0 Å². The van der Waals surface area contributed by atoms with Crippen molar-refractivity contribution >= 4 is 5.91 Å². The number of amides is 1. The molecule has 1 amide bonds. The molecule has 0 fully saturated rings. The Morgan fingerprint density at radius 1 is 1.29 bits per heavy atom. The van der Waals surface area contributed by atoms with Gasteiger partial charge in [0.15, 0.2) is 0 Å². The van der Waals surface area contributed by atoms with E-state index >= 15 is 0 Å². The molecule has 1 N–H and O–H groups in total. The number of carbonyl (C=O) groups is 1. The van der Waals surface area contributed by atoms with E-state index in [1.165, 1.54) is 0 Å². The first kappa shape index (κ1) is 15.2. The van der Waals surface area contributed by atoms with Crippen LogP contribution < -0.4 is 4.74 Å². The Balaban J connectivity index is 1.49. The number of para-hydroxylation sites is 1. The Hall–Kier alpha value is -2.34. The Bertz CT molecular complexity index is 756. The van der Waals surface area contributed by atoms with Crippen LogP contribution in [-0.2, 0) is 30.8 Å². The number of hydrogen-bond donors (Lipinski definition) is 1. The van der Waals surface area contributed by atoms with E-state index in [0.717, 1.165) is 35.4 Å². The van der Waals surface area contributed by atoms with Crippen LogP contribution in [0.5, 0.6) is 5.75 Å². The average molecular weight is 327 g/mol. The number of aromatic nitrogens is 2. The smallest absolute Gasteiger partial charge is 0.226 e. The van der Waals surface area contributed by atoms with Gasteiger partial charge in [0.05, 0.1) is 38.2 Å². The zero-order chi connectivity index (χ0) is 16.5. The van der Waals surface area contributed by atoms with E-state index in [2.05, 4.69) is 5.10 Å². The predicted octanol–water partition coefficient (Wildman–Crippen LogP) is 1.36. The third-order valence-electron chi connectivity index (χ3n) is 4.87. The summed E-state index contributed by atoms with van der Waals surface area (Å²) in [7, 11) is 0. The highest BCUT2D eigenvalue weighted by atomic mass is 16.5. The molecule has 1 atom stereocenters. The lowest BCUT2D eigenvalue weighted by Crippen LogP contribution is -2.34. The fourth-order valence-corrected chi connectivity index (χ4v) is 3.61. The molecule has 0 saturated carbocycles. The molecule has 126 valence electrons. The lowest BCUT2D eigenvalue weighted by Gasteiger charge is -2.22. The van der Waals surface area contributed by atoms with Gasteiger partial charge < -0.3 is 14.7 Å². The number of fused-ring (bicyclic) bond motifs is 2. The molecule has 0 bridgehead atoms. The SMILES string of the molecule is O=C([C@@H]1CCOc2ccccc2C1)N1Cc2cnn(CCO)c2C1. The van der Waals surface area contributed by atoms with Crippen LogP contribution in [0.25, 0.3) is 0 Å². The zero-order valence-corrected chi connectivity index (χ0v) is 13.5. The summed E-state index contributed by atoms with van der Waals surface area (Å²) in [6.07, 6.45) is 3.28. The maximum atomic E-state index is 13.0. The molecule has 0 unspecified atom stereocenters. The van der Waals surface area contributed by atoms with Crippen LogP contribution in [0, 0.1) is 5.92 Å². The molecule has 0 spiro atoms. The summed E-state index contributed by atoms with van der Waals surface area (Å²) in [6, 6.07) is 7.96. The topological polar surface area (TPSA) is 67.6 Å². The molecule has 1 aromatic carbocycles. The zero-order valence-electron chi connectivity index (χ0n) is 13.5. The van der Waals surface area contributed by atoms with E-state index in [1.54, 1.807) is 4.68 Å². The van der Waals surface area contributed by atoms with Crippen LogP contribution in [-0.4, -0.2) is 38.9 Å². The largest absolute Gasteiger partial charge is 0.493 e. The first-order valence-electron chi connectivity index (χ1n) is 8.40. The fraction of sp³-hybridized carbons (Fsp3) is 0.444. The summed E-state index contributed by atoms with van der Waals surface area (Å²) in [6.45, 7) is 2.29. The molecule has 3 heterocycles. The van der Waals surface area contributed by atoms with Crippen molar-refractivity contribution in [2.75, 3.05) is 13.2 Å². The Morgan fingerprint density at radius 3 is 3.04 bits per heavy atom. The van der Waals surface area contributed by atoms with Crippen LogP contribution in [0.4, 0.5) is 0 Å². The number of aliphatic hydroxyl groups is 1. The lowest BCUT2D eigenvalue weighted by molar-refractivity contribution is -0.136. The molecule has 6 nitrogen and oxygen atoms in total. The second kappa shape index (κ2) is 6.28. The van der Waals surface area contributed by atoms with Crippen LogP contribution in [0.3, 0.4) is 0 Å². The standard InChI is InChI=1S/C18H21N3O3/c22-7-6-21-16-12-20(11-15(16)10-19-21)18(23)14-5-8-24-17-4-2-1-3-13(17)9-14/h1-4,10,14,22H,5-9,11-12H2/t14-/m1/s1. The number of carbonyl (C=O) groups excluding carboxylic acids is 1. The second-order valence-corrected chi connectivity index (χ2v) is 6.40. The van der Waals surface area contributed by atoms with Crippen molar-refractivity contribution < 1.29 is 14.6 Å². The van der Waals surface area contributed by atoms with Gasteiger partial charge in [-0.1, -0.05) is 18.2 Å². The monoisotopic (exact) mass is 327 g/mol. The van der Waals surface area contributed by atoms with Gasteiger partial charge in [0.25, 0.3) is 0 Å². The average Bonchev–Trinajstić information content (AvgIpc) is 3.09. The third kappa shape index (κ3) is 2.67. The summed E-state index contributed by atoms with van der Waals surface area (Å²) < 4.78 is 7.58. The maximum Gasteiger partial charge on any atom is 0.226 e. The van der Waals surface area contributed by atoms with Gasteiger partial charge in [-0.05, 0) is 24.5 Å². The minimum atomic E-state index is -0.0445. The summed E-state index contributed by atoms with van der Waals surface area (Å²) >= 11 is 0. The predicted molar refractivity (Wildman–Crippen MR) is 87.3 cm³/mol. The van der Waals surface area contributed by atoms with E-state index in [-0.39, 0.29) is 18.4 Å². The van der Waals surface area contributed by atoms with Gasteiger partial charge in [-0.25, -0.2) is 0 Å². The molecule has 4 rings (SSSR count). The van der Waals surface area contributed by atoms with Gasteiger partial charge in [-0.2, -0.15) is 5.10 Å². The summed E-state index contributed by atoms with van der Waals surface area (Å²) in [5.41, 5.74) is 3.24. The molecule has 2 aliphatic rings. The summed E-state index contributed by atoms with van der Waals surface area (Å²) in [4.78, 5) is 14.9. The third-order valence-corrected chi connectivity index (χ3v) is 4.87.